The van der Waals surface area contributed by atoms with E-state index in [9.17, 15) is 9.90 Å². The van der Waals surface area contributed by atoms with E-state index in [0.29, 0.717) is 0 Å². The average molecular weight is 840 g/mol. The summed E-state index contributed by atoms with van der Waals surface area (Å²) in [5, 5.41) is 13.1. The van der Waals surface area contributed by atoms with E-state index >= 15 is 0 Å². The van der Waals surface area contributed by atoms with E-state index in [-0.39, 0.29) is 54.3 Å². The molecule has 0 bridgehead atoms. The summed E-state index contributed by atoms with van der Waals surface area (Å²) < 4.78 is 6.41. The number of carbonyl (C=O) groups is 1. The van der Waals surface area contributed by atoms with Gasteiger partial charge in [0, 0.05) is 43.4 Å². The van der Waals surface area contributed by atoms with Gasteiger partial charge in [0.05, 0.1) is 11.5 Å². The molecule has 5 rings (SSSR count). The SMILES string of the molecule is CCC(CC)C(=O)/C=C(\O)C(CC)CC.Cc1ccc2c(C(C)(C)C)cc(-c3ncnc4c3oc3cc(CC(C)(C)C)ccc34)[c-]c2c1.[Ir]. The second kappa shape index (κ2) is 16.6. The predicted molar refractivity (Wildman–Crippen MR) is 202 cm³/mol. The maximum absolute atomic E-state index is 11.7. The normalized spacial score (nSPS) is 12.5. The summed E-state index contributed by atoms with van der Waals surface area (Å²) in [4.78, 5) is 21.0. The molecule has 5 aromatic rings. The number of nitrogens with zero attached hydrogens (tertiary/aromatic N) is 2. The van der Waals surface area contributed by atoms with E-state index in [4.69, 9.17) is 4.42 Å². The Hall–Kier alpha value is -3.34. The van der Waals surface area contributed by atoms with Crippen molar-refractivity contribution in [2.75, 3.05) is 0 Å². The van der Waals surface area contributed by atoms with Gasteiger partial charge in [-0.15, -0.1) is 29.1 Å². The molecule has 0 aliphatic carbocycles. The van der Waals surface area contributed by atoms with Crippen LogP contribution in [0.1, 0.15) is 112 Å². The largest absolute Gasteiger partial charge is 0.512 e. The Morgan fingerprint density at radius 2 is 1.51 bits per heavy atom. The third kappa shape index (κ3) is 9.67. The molecule has 265 valence electrons. The van der Waals surface area contributed by atoms with E-state index in [1.54, 1.807) is 6.33 Å². The smallest absolute Gasteiger partial charge is 0.162 e. The number of ketones is 1. The first kappa shape index (κ1) is 40.1. The fraction of sp³-hybridized carbons (Fsp3) is 0.465. The molecule has 2 heterocycles. The van der Waals surface area contributed by atoms with Crippen molar-refractivity contribution in [1.29, 1.82) is 0 Å². The van der Waals surface area contributed by atoms with Crippen molar-refractivity contribution in [3.8, 4) is 11.3 Å². The second-order valence-corrected chi connectivity index (χ2v) is 15.5. The molecule has 0 spiro atoms. The number of furan rings is 1. The fourth-order valence-electron chi connectivity index (χ4n) is 6.46. The minimum Gasteiger partial charge on any atom is -0.512 e. The van der Waals surface area contributed by atoms with Gasteiger partial charge < -0.3 is 9.52 Å². The Bertz CT molecular complexity index is 1920. The third-order valence-electron chi connectivity index (χ3n) is 9.22. The van der Waals surface area contributed by atoms with Crippen LogP contribution in [0.25, 0.3) is 44.1 Å². The number of aliphatic hydroxyl groups excluding tert-OH is 1. The molecule has 1 N–H and O–H groups in total. The number of carbonyl (C=O) groups excluding carboxylic acids is 1. The molecule has 2 aromatic heterocycles. The molecule has 0 aliphatic heterocycles. The first-order valence-corrected chi connectivity index (χ1v) is 17.7. The van der Waals surface area contributed by atoms with Crippen LogP contribution in [0, 0.1) is 30.2 Å². The van der Waals surface area contributed by atoms with Crippen molar-refractivity contribution in [1.82, 2.24) is 9.97 Å². The van der Waals surface area contributed by atoms with Crippen LogP contribution >= 0.6 is 0 Å². The number of hydrogen-bond donors (Lipinski definition) is 1. The van der Waals surface area contributed by atoms with Crippen molar-refractivity contribution >= 4 is 38.6 Å². The Morgan fingerprint density at radius 1 is 0.878 bits per heavy atom. The van der Waals surface area contributed by atoms with Crippen molar-refractivity contribution in [3.63, 3.8) is 0 Å². The zero-order valence-corrected chi connectivity index (χ0v) is 33.8. The minimum absolute atomic E-state index is 0. The van der Waals surface area contributed by atoms with Gasteiger partial charge in [-0.3, -0.25) is 9.78 Å². The number of rotatable bonds is 9. The molecule has 1 radical (unpaired) electrons. The molecule has 3 aromatic carbocycles. The van der Waals surface area contributed by atoms with Crippen molar-refractivity contribution in [2.24, 2.45) is 17.3 Å². The maximum atomic E-state index is 11.7. The van der Waals surface area contributed by atoms with E-state index in [1.807, 2.05) is 27.7 Å². The average Bonchev–Trinajstić information content (AvgIpc) is 3.38. The summed E-state index contributed by atoms with van der Waals surface area (Å²) in [5.41, 5.74) is 8.15. The van der Waals surface area contributed by atoms with Crippen LogP contribution in [0.3, 0.4) is 0 Å². The fourth-order valence-corrected chi connectivity index (χ4v) is 6.46. The Labute approximate surface area is 307 Å². The molecule has 0 saturated carbocycles. The molecule has 0 atom stereocenters. The number of aromatic nitrogens is 2. The van der Waals surface area contributed by atoms with Crippen LogP contribution in [0.4, 0.5) is 0 Å². The van der Waals surface area contributed by atoms with Gasteiger partial charge in [-0.2, -0.15) is 0 Å². The Kier molecular flexibility index (Phi) is 13.6. The molecule has 0 aliphatic rings. The number of allylic oxidation sites excluding steroid dienone is 2. The van der Waals surface area contributed by atoms with Gasteiger partial charge in [0.1, 0.15) is 23.0 Å². The number of aliphatic hydroxyl groups is 1. The quantitative estimate of drug-likeness (QED) is 0.0909. The zero-order chi connectivity index (χ0) is 35.4. The van der Waals surface area contributed by atoms with E-state index in [2.05, 4.69) is 107 Å². The first-order chi connectivity index (χ1) is 22.6. The molecular weight excluding hydrogens is 785 g/mol. The summed E-state index contributed by atoms with van der Waals surface area (Å²) in [6.07, 6.45) is 7.54. The maximum Gasteiger partial charge on any atom is 0.162 e. The molecule has 0 unspecified atom stereocenters. The third-order valence-corrected chi connectivity index (χ3v) is 9.22. The van der Waals surface area contributed by atoms with Gasteiger partial charge in [0.15, 0.2) is 5.78 Å². The molecule has 0 saturated heterocycles. The standard InChI is InChI=1S/C30H31N2O.C13H24O2.Ir/c1-18-8-10-22-20(12-18)14-21(15-24(22)30(5,6)7)26-28-27(32-17-31-26)23-11-9-19(13-25(23)33-28)16-29(2,3)4;1-5-10(6-2)12(14)9-13(15)11(7-3)8-4;/h8-13,15,17H,16H2,1-7H3;9-11,14H,5-8H2,1-4H3;/q-1;;/b;12-9-;. The second-order valence-electron chi connectivity index (χ2n) is 15.5. The van der Waals surface area contributed by atoms with Gasteiger partial charge in [-0.05, 0) is 67.6 Å². The van der Waals surface area contributed by atoms with Crippen molar-refractivity contribution in [3.05, 3.63) is 83.4 Å². The summed E-state index contributed by atoms with van der Waals surface area (Å²) in [5.74, 6) is 0.547. The monoisotopic (exact) mass is 840 g/mol. The molecule has 5 nitrogen and oxygen atoms in total. The van der Waals surface area contributed by atoms with Crippen molar-refractivity contribution in [2.45, 2.75) is 114 Å². The van der Waals surface area contributed by atoms with Crippen LogP contribution in [-0.2, 0) is 36.7 Å². The van der Waals surface area contributed by atoms with Crippen LogP contribution in [0.15, 0.2) is 65.0 Å². The molecule has 49 heavy (non-hydrogen) atoms. The molecular formula is C43H55IrN2O3-. The summed E-state index contributed by atoms with van der Waals surface area (Å²) in [7, 11) is 0. The van der Waals surface area contributed by atoms with Gasteiger partial charge in [-0.25, -0.2) is 4.98 Å². The number of hydrogen-bond acceptors (Lipinski definition) is 5. The summed E-state index contributed by atoms with van der Waals surface area (Å²) in [6.45, 7) is 23.7. The predicted octanol–water partition coefficient (Wildman–Crippen LogP) is 12.1. The van der Waals surface area contributed by atoms with Crippen LogP contribution in [-0.4, -0.2) is 20.9 Å². The van der Waals surface area contributed by atoms with Gasteiger partial charge in [0.2, 0.25) is 0 Å². The number of aryl methyl sites for hydroxylation is 1. The molecule has 0 amide bonds. The number of benzene rings is 3. The minimum atomic E-state index is -0.0146. The Morgan fingerprint density at radius 3 is 2.10 bits per heavy atom. The van der Waals surface area contributed by atoms with Crippen molar-refractivity contribution < 1.29 is 34.4 Å². The molecule has 0 fully saturated rings. The molecule has 6 heteroatoms. The van der Waals surface area contributed by atoms with Crippen LogP contribution < -0.4 is 0 Å². The van der Waals surface area contributed by atoms with Gasteiger partial charge in [0.25, 0.3) is 0 Å². The van der Waals surface area contributed by atoms with E-state index < -0.39 is 0 Å². The van der Waals surface area contributed by atoms with Crippen LogP contribution in [0.5, 0.6) is 0 Å². The summed E-state index contributed by atoms with van der Waals surface area (Å²) >= 11 is 0. The van der Waals surface area contributed by atoms with Gasteiger partial charge >= 0.3 is 0 Å². The van der Waals surface area contributed by atoms with E-state index in [0.717, 1.165) is 70.8 Å². The first-order valence-electron chi connectivity index (χ1n) is 17.7. The summed E-state index contributed by atoms with van der Waals surface area (Å²) in [6, 6.07) is 18.9. The van der Waals surface area contributed by atoms with E-state index in [1.165, 1.54) is 28.2 Å². The Balaban J connectivity index is 0.000000347. The van der Waals surface area contributed by atoms with Crippen LogP contribution in [0.2, 0.25) is 0 Å². The topological polar surface area (TPSA) is 76.2 Å². The number of fused-ring (bicyclic) bond motifs is 4. The zero-order valence-electron chi connectivity index (χ0n) is 31.4. The van der Waals surface area contributed by atoms with Gasteiger partial charge in [-0.1, -0.05) is 104 Å².